The number of likely N-dealkylation sites (tertiary alicyclic amines) is 2. The van der Waals surface area contributed by atoms with Crippen LogP contribution in [0.4, 0.5) is 18.0 Å². The lowest BCUT2D eigenvalue weighted by Crippen LogP contribution is -2.51. The first-order valence-electron chi connectivity index (χ1n) is 12.5. The van der Waals surface area contributed by atoms with Gasteiger partial charge >= 0.3 is 12.4 Å². The minimum absolute atomic E-state index is 0.134. The summed E-state index contributed by atoms with van der Waals surface area (Å²) in [6, 6.07) is 5.63. The van der Waals surface area contributed by atoms with E-state index in [2.05, 4.69) is 21.3 Å². The first-order valence-corrected chi connectivity index (χ1v) is 12.5. The maximum atomic E-state index is 13.4. The number of aromatic nitrogens is 1. The molecule has 8 nitrogen and oxygen atoms in total. The molecule has 0 saturated carbocycles. The summed E-state index contributed by atoms with van der Waals surface area (Å²) in [5.74, 6) is -0.198. The third-order valence-electron chi connectivity index (χ3n) is 6.78. The molecule has 0 radical (unpaired) electrons. The van der Waals surface area contributed by atoms with Gasteiger partial charge in [-0.25, -0.2) is 9.78 Å². The van der Waals surface area contributed by atoms with Crippen molar-refractivity contribution in [2.24, 2.45) is 4.99 Å². The Morgan fingerprint density at radius 1 is 1.18 bits per heavy atom. The lowest BCUT2D eigenvalue weighted by molar-refractivity contribution is -0.274. The zero-order chi connectivity index (χ0) is 27.3. The average molecular weight is 533 g/mol. The number of halogens is 3. The maximum absolute atomic E-state index is 13.4. The first-order chi connectivity index (χ1) is 18.1. The fourth-order valence-electron chi connectivity index (χ4n) is 4.81. The number of nitrogens with zero attached hydrogens (tertiary/aromatic N) is 4. The number of alkyl halides is 3. The molecule has 2 atom stereocenters. The van der Waals surface area contributed by atoms with E-state index in [0.717, 1.165) is 11.1 Å². The van der Waals surface area contributed by atoms with Gasteiger partial charge in [0.1, 0.15) is 17.7 Å². The molecule has 2 unspecified atom stereocenters. The summed E-state index contributed by atoms with van der Waals surface area (Å²) in [4.78, 5) is 25.7. The van der Waals surface area contributed by atoms with Crippen LogP contribution in [0.2, 0.25) is 0 Å². The van der Waals surface area contributed by atoms with E-state index >= 15 is 0 Å². The highest BCUT2D eigenvalue weighted by Gasteiger charge is 2.37. The Hall–Kier alpha value is -3.60. The minimum Gasteiger partial charge on any atom is -0.448 e. The summed E-state index contributed by atoms with van der Waals surface area (Å²) in [5, 5.41) is 9.84. The monoisotopic (exact) mass is 532 g/mol. The summed E-state index contributed by atoms with van der Waals surface area (Å²) >= 11 is 0. The molecule has 204 valence electrons. The van der Waals surface area contributed by atoms with E-state index in [1.54, 1.807) is 46.7 Å². The van der Waals surface area contributed by atoms with Crippen molar-refractivity contribution in [1.29, 1.82) is 0 Å². The SMILES string of the molecule is C=C/C=N\C=C(/C)c1coc(C2CC(c3ccc(OC(F)(F)F)cc3)CN(C(=O)N3CCC(O)CC3)C2)n1. The van der Waals surface area contributed by atoms with E-state index in [0.29, 0.717) is 57.0 Å². The molecule has 2 saturated heterocycles. The number of carbonyl (C=O) groups is 1. The van der Waals surface area contributed by atoms with E-state index in [1.165, 1.54) is 12.1 Å². The number of hydrogen-bond acceptors (Lipinski definition) is 6. The average Bonchev–Trinajstić information content (AvgIpc) is 3.39. The number of allylic oxidation sites excluding steroid dienone is 2. The number of rotatable bonds is 6. The van der Waals surface area contributed by atoms with Gasteiger partial charge < -0.3 is 24.1 Å². The topological polar surface area (TPSA) is 91.4 Å². The third kappa shape index (κ3) is 7.03. The van der Waals surface area contributed by atoms with Crippen LogP contribution in [-0.4, -0.2) is 70.8 Å². The van der Waals surface area contributed by atoms with Crippen LogP contribution in [0.1, 0.15) is 55.2 Å². The summed E-state index contributed by atoms with van der Waals surface area (Å²) in [7, 11) is 0. The predicted octanol–water partition coefficient (Wildman–Crippen LogP) is 5.34. The molecule has 2 fully saturated rings. The molecular weight excluding hydrogens is 501 g/mol. The Balaban J connectivity index is 1.57. The van der Waals surface area contributed by atoms with Crippen LogP contribution < -0.4 is 4.74 Å². The number of hydrogen-bond donors (Lipinski definition) is 1. The van der Waals surface area contributed by atoms with E-state index in [1.807, 2.05) is 6.92 Å². The fraction of sp³-hybridized carbons (Fsp3) is 0.444. The number of aliphatic imine (C=N–C) groups is 1. The van der Waals surface area contributed by atoms with Gasteiger partial charge in [-0.15, -0.1) is 13.2 Å². The Bertz CT molecular complexity index is 1170. The first kappa shape index (κ1) is 27.4. The number of oxazole rings is 1. The van der Waals surface area contributed by atoms with Gasteiger partial charge in [0, 0.05) is 44.5 Å². The van der Waals surface area contributed by atoms with Crippen LogP contribution in [0.3, 0.4) is 0 Å². The Labute approximate surface area is 219 Å². The Kier molecular flexibility index (Phi) is 8.55. The van der Waals surface area contributed by atoms with Crippen molar-refractivity contribution in [3.63, 3.8) is 0 Å². The van der Waals surface area contributed by atoms with Crippen molar-refractivity contribution in [2.75, 3.05) is 26.2 Å². The number of benzene rings is 1. The van der Waals surface area contributed by atoms with Gasteiger partial charge in [0.05, 0.1) is 12.0 Å². The number of urea groups is 1. The summed E-state index contributed by atoms with van der Waals surface area (Å²) in [6.07, 6.45) is 2.80. The Morgan fingerprint density at radius 3 is 2.53 bits per heavy atom. The molecule has 1 aromatic carbocycles. The van der Waals surface area contributed by atoms with Gasteiger partial charge in [0.2, 0.25) is 0 Å². The third-order valence-corrected chi connectivity index (χ3v) is 6.78. The maximum Gasteiger partial charge on any atom is 0.573 e. The second-order valence-electron chi connectivity index (χ2n) is 9.57. The molecule has 3 heterocycles. The number of carbonyl (C=O) groups excluding carboxylic acids is 1. The number of piperidine rings is 2. The van der Waals surface area contributed by atoms with Crippen LogP contribution in [0.5, 0.6) is 5.75 Å². The fourth-order valence-corrected chi connectivity index (χ4v) is 4.81. The molecule has 0 spiro atoms. The highest BCUT2D eigenvalue weighted by Crippen LogP contribution is 2.37. The van der Waals surface area contributed by atoms with Gasteiger partial charge in [0.25, 0.3) is 0 Å². The molecule has 2 aromatic rings. The number of aliphatic hydroxyl groups is 1. The summed E-state index contributed by atoms with van der Waals surface area (Å²) < 4.78 is 47.6. The molecule has 38 heavy (non-hydrogen) atoms. The van der Waals surface area contributed by atoms with Gasteiger partial charge in [0.15, 0.2) is 5.89 Å². The van der Waals surface area contributed by atoms with Gasteiger partial charge in [-0.2, -0.15) is 0 Å². The van der Waals surface area contributed by atoms with Crippen molar-refractivity contribution in [3.05, 3.63) is 66.5 Å². The molecule has 4 rings (SSSR count). The predicted molar refractivity (Wildman–Crippen MR) is 136 cm³/mol. The lowest BCUT2D eigenvalue weighted by Gasteiger charge is -2.40. The Morgan fingerprint density at radius 2 is 1.87 bits per heavy atom. The zero-order valence-corrected chi connectivity index (χ0v) is 21.1. The molecular formula is C27H31F3N4O4. The smallest absolute Gasteiger partial charge is 0.448 e. The number of ether oxygens (including phenoxy) is 1. The van der Waals surface area contributed by atoms with Crippen molar-refractivity contribution >= 4 is 17.8 Å². The van der Waals surface area contributed by atoms with E-state index in [-0.39, 0.29) is 23.6 Å². The molecule has 1 N–H and O–H groups in total. The second-order valence-corrected chi connectivity index (χ2v) is 9.57. The normalized spacial score (nSPS) is 21.7. The van der Waals surface area contributed by atoms with Crippen LogP contribution in [0, 0.1) is 0 Å². The van der Waals surface area contributed by atoms with E-state index < -0.39 is 12.5 Å². The van der Waals surface area contributed by atoms with Crippen molar-refractivity contribution in [1.82, 2.24) is 14.8 Å². The zero-order valence-electron chi connectivity index (χ0n) is 21.1. The van der Waals surface area contributed by atoms with Crippen LogP contribution >= 0.6 is 0 Å². The lowest BCUT2D eigenvalue weighted by atomic mass is 9.84. The van der Waals surface area contributed by atoms with E-state index in [4.69, 9.17) is 4.42 Å². The van der Waals surface area contributed by atoms with Crippen LogP contribution in [0.15, 0.2) is 58.8 Å². The summed E-state index contributed by atoms with van der Waals surface area (Å²) in [5.41, 5.74) is 2.21. The van der Waals surface area contributed by atoms with Crippen molar-refractivity contribution in [2.45, 2.75) is 50.5 Å². The molecule has 11 heteroatoms. The molecule has 1 aromatic heterocycles. The molecule has 2 amide bonds. The summed E-state index contributed by atoms with van der Waals surface area (Å²) in [6.45, 7) is 7.17. The number of amides is 2. The highest BCUT2D eigenvalue weighted by molar-refractivity contribution is 5.75. The van der Waals surface area contributed by atoms with Crippen LogP contribution in [0.25, 0.3) is 5.57 Å². The standard InChI is InChI=1S/C27H31F3N4O4/c1-3-10-31-14-18(2)24-17-37-25(32-24)21-13-20(19-4-6-23(7-5-19)38-27(28,29)30)15-34(16-21)26(36)33-11-8-22(35)9-12-33/h3-7,10,14,17,20-22,35H,1,8-9,11-13,15-16H2,2H3/b18-14+,31-10-. The minimum atomic E-state index is -4.77. The highest BCUT2D eigenvalue weighted by atomic mass is 19.4. The molecule has 2 aliphatic heterocycles. The molecule has 0 aliphatic carbocycles. The molecule has 2 aliphatic rings. The number of aliphatic hydroxyl groups excluding tert-OH is 1. The second kappa shape index (κ2) is 11.8. The van der Waals surface area contributed by atoms with Crippen molar-refractivity contribution in [3.8, 4) is 5.75 Å². The van der Waals surface area contributed by atoms with E-state index in [9.17, 15) is 23.1 Å². The molecule has 0 bridgehead atoms. The van der Waals surface area contributed by atoms with Gasteiger partial charge in [-0.3, -0.25) is 4.99 Å². The van der Waals surface area contributed by atoms with Crippen molar-refractivity contribution < 1.29 is 32.2 Å². The van der Waals surface area contributed by atoms with Gasteiger partial charge in [-0.05, 0) is 49.5 Å². The largest absolute Gasteiger partial charge is 0.573 e. The van der Waals surface area contributed by atoms with Crippen LogP contribution in [-0.2, 0) is 0 Å². The quantitative estimate of drug-likeness (QED) is 0.507. The van der Waals surface area contributed by atoms with Gasteiger partial charge in [-0.1, -0.05) is 24.8 Å².